The molecule has 2 nitrogen and oxygen atoms in total. The van der Waals surface area contributed by atoms with E-state index in [4.69, 9.17) is 0 Å². The summed E-state index contributed by atoms with van der Waals surface area (Å²) in [4.78, 5) is 2.65. The first-order valence-corrected chi connectivity index (χ1v) is 7.76. The van der Waals surface area contributed by atoms with Gasteiger partial charge in [0, 0.05) is 12.6 Å². The first kappa shape index (κ1) is 13.1. The van der Waals surface area contributed by atoms with Crippen molar-refractivity contribution in [1.82, 2.24) is 10.2 Å². The molecule has 0 spiro atoms. The molecule has 1 unspecified atom stereocenters. The van der Waals surface area contributed by atoms with Gasteiger partial charge in [-0.15, -0.1) is 0 Å². The summed E-state index contributed by atoms with van der Waals surface area (Å²) < 4.78 is 0. The summed E-state index contributed by atoms with van der Waals surface area (Å²) in [6.45, 7) is 7.11. The van der Waals surface area contributed by atoms with Crippen molar-refractivity contribution in [3.63, 3.8) is 0 Å². The maximum Gasteiger partial charge on any atom is 0.0213 e. The number of likely N-dealkylation sites (tertiary alicyclic amines) is 1. The summed E-state index contributed by atoms with van der Waals surface area (Å²) in [5.41, 5.74) is 1.42. The monoisotopic (exact) mass is 252 g/mol. The van der Waals surface area contributed by atoms with Crippen LogP contribution in [-0.4, -0.2) is 30.6 Å². The Morgan fingerprint density at radius 1 is 1.47 bits per heavy atom. The molecule has 2 rings (SSSR count). The summed E-state index contributed by atoms with van der Waals surface area (Å²) in [5.74, 6) is 0. The van der Waals surface area contributed by atoms with Crippen molar-refractivity contribution in [2.45, 2.75) is 45.2 Å². The van der Waals surface area contributed by atoms with E-state index in [0.29, 0.717) is 0 Å². The Balaban J connectivity index is 1.53. The van der Waals surface area contributed by atoms with Crippen molar-refractivity contribution in [2.75, 3.05) is 19.6 Å². The largest absolute Gasteiger partial charge is 0.313 e. The van der Waals surface area contributed by atoms with E-state index in [9.17, 15) is 0 Å². The summed E-state index contributed by atoms with van der Waals surface area (Å²) in [5, 5.41) is 7.89. The van der Waals surface area contributed by atoms with Crippen LogP contribution in [0, 0.1) is 0 Å². The highest BCUT2D eigenvalue weighted by atomic mass is 32.1. The van der Waals surface area contributed by atoms with E-state index in [1.807, 2.05) is 0 Å². The number of nitrogens with zero attached hydrogens (tertiary/aromatic N) is 1. The lowest BCUT2D eigenvalue weighted by atomic mass is 10.0. The zero-order chi connectivity index (χ0) is 11.9. The van der Waals surface area contributed by atoms with Crippen LogP contribution in [0.1, 0.15) is 38.2 Å². The minimum atomic E-state index is 0.806. The highest BCUT2D eigenvalue weighted by molar-refractivity contribution is 7.07. The second-order valence-corrected chi connectivity index (χ2v) is 5.82. The second kappa shape index (κ2) is 7.14. The van der Waals surface area contributed by atoms with Crippen molar-refractivity contribution in [3.05, 3.63) is 22.4 Å². The number of rotatable bonds is 6. The van der Waals surface area contributed by atoms with Gasteiger partial charge in [-0.25, -0.2) is 0 Å². The zero-order valence-corrected chi connectivity index (χ0v) is 11.6. The minimum Gasteiger partial charge on any atom is -0.313 e. The molecule has 1 saturated heterocycles. The maximum atomic E-state index is 3.52. The molecule has 1 atom stereocenters. The van der Waals surface area contributed by atoms with Gasteiger partial charge in [-0.3, -0.25) is 0 Å². The third kappa shape index (κ3) is 4.41. The average molecular weight is 252 g/mol. The van der Waals surface area contributed by atoms with Gasteiger partial charge in [0.2, 0.25) is 0 Å². The van der Waals surface area contributed by atoms with Gasteiger partial charge in [-0.1, -0.05) is 6.42 Å². The van der Waals surface area contributed by atoms with Gasteiger partial charge in [0.25, 0.3) is 0 Å². The summed E-state index contributed by atoms with van der Waals surface area (Å²) in [6, 6.07) is 3.00. The molecule has 0 aromatic carbocycles. The average Bonchev–Trinajstić information content (AvgIpc) is 2.84. The highest BCUT2D eigenvalue weighted by Gasteiger charge is 2.16. The maximum absolute atomic E-state index is 3.52. The van der Waals surface area contributed by atoms with Crippen molar-refractivity contribution < 1.29 is 0 Å². The Hall–Kier alpha value is -0.380. The SMILES string of the molecule is CC1CCCCN1CCCNCc1ccsc1. The molecule has 1 N–H and O–H groups in total. The fourth-order valence-corrected chi connectivity index (χ4v) is 3.19. The first-order chi connectivity index (χ1) is 8.36. The molecule has 17 heavy (non-hydrogen) atoms. The van der Waals surface area contributed by atoms with E-state index in [0.717, 1.165) is 19.1 Å². The van der Waals surface area contributed by atoms with Crippen LogP contribution in [0.4, 0.5) is 0 Å². The van der Waals surface area contributed by atoms with E-state index in [1.54, 1.807) is 11.3 Å². The Labute approximate surface area is 109 Å². The first-order valence-electron chi connectivity index (χ1n) is 6.82. The minimum absolute atomic E-state index is 0.806. The van der Waals surface area contributed by atoms with E-state index in [-0.39, 0.29) is 0 Å². The van der Waals surface area contributed by atoms with Crippen LogP contribution in [-0.2, 0) is 6.54 Å². The molecule has 0 bridgehead atoms. The number of hydrogen-bond donors (Lipinski definition) is 1. The third-order valence-electron chi connectivity index (χ3n) is 3.65. The molecular formula is C14H24N2S. The topological polar surface area (TPSA) is 15.3 Å². The Kier molecular flexibility index (Phi) is 5.49. The van der Waals surface area contributed by atoms with Crippen LogP contribution in [0.3, 0.4) is 0 Å². The highest BCUT2D eigenvalue weighted by Crippen LogP contribution is 2.16. The van der Waals surface area contributed by atoms with E-state index in [1.165, 1.54) is 44.3 Å². The van der Waals surface area contributed by atoms with Gasteiger partial charge in [-0.05, 0) is 68.2 Å². The van der Waals surface area contributed by atoms with Crippen molar-refractivity contribution in [2.24, 2.45) is 0 Å². The number of hydrogen-bond acceptors (Lipinski definition) is 3. The van der Waals surface area contributed by atoms with E-state index >= 15 is 0 Å². The molecule has 3 heteroatoms. The van der Waals surface area contributed by atoms with Gasteiger partial charge >= 0.3 is 0 Å². The number of thiophene rings is 1. The van der Waals surface area contributed by atoms with Gasteiger partial charge in [0.1, 0.15) is 0 Å². The Morgan fingerprint density at radius 2 is 2.41 bits per heavy atom. The Bertz CT molecular complexity index is 297. The molecule has 1 aromatic rings. The quantitative estimate of drug-likeness (QED) is 0.783. The molecule has 2 heterocycles. The molecule has 0 amide bonds. The number of nitrogens with one attached hydrogen (secondary N) is 1. The lowest BCUT2D eigenvalue weighted by Gasteiger charge is -2.33. The summed E-state index contributed by atoms with van der Waals surface area (Å²) in [6.07, 6.45) is 5.48. The van der Waals surface area contributed by atoms with Gasteiger partial charge in [0.05, 0.1) is 0 Å². The van der Waals surface area contributed by atoms with Crippen LogP contribution >= 0.6 is 11.3 Å². The third-order valence-corrected chi connectivity index (χ3v) is 4.38. The molecule has 0 saturated carbocycles. The van der Waals surface area contributed by atoms with Gasteiger partial charge < -0.3 is 10.2 Å². The van der Waals surface area contributed by atoms with Crippen LogP contribution in [0.2, 0.25) is 0 Å². The van der Waals surface area contributed by atoms with E-state index < -0.39 is 0 Å². The van der Waals surface area contributed by atoms with Gasteiger partial charge in [-0.2, -0.15) is 11.3 Å². The fourth-order valence-electron chi connectivity index (χ4n) is 2.52. The molecule has 1 fully saturated rings. The Morgan fingerprint density at radius 3 is 3.18 bits per heavy atom. The van der Waals surface area contributed by atoms with Crippen LogP contribution in [0.5, 0.6) is 0 Å². The van der Waals surface area contributed by atoms with Gasteiger partial charge in [0.15, 0.2) is 0 Å². The molecule has 96 valence electrons. The molecule has 0 radical (unpaired) electrons. The van der Waals surface area contributed by atoms with E-state index in [2.05, 4.69) is 34.0 Å². The van der Waals surface area contributed by atoms with Crippen molar-refractivity contribution in [1.29, 1.82) is 0 Å². The lowest BCUT2D eigenvalue weighted by molar-refractivity contribution is 0.159. The van der Waals surface area contributed by atoms with Crippen LogP contribution in [0.15, 0.2) is 16.8 Å². The zero-order valence-electron chi connectivity index (χ0n) is 10.8. The normalized spacial score (nSPS) is 21.8. The lowest BCUT2D eigenvalue weighted by Crippen LogP contribution is -2.38. The van der Waals surface area contributed by atoms with Crippen molar-refractivity contribution >= 4 is 11.3 Å². The molecule has 1 aliphatic rings. The molecule has 0 aliphatic carbocycles. The molecule has 1 aliphatic heterocycles. The molecule has 1 aromatic heterocycles. The summed E-state index contributed by atoms with van der Waals surface area (Å²) in [7, 11) is 0. The predicted molar refractivity (Wildman–Crippen MR) is 75.5 cm³/mol. The standard InChI is InChI=1S/C14H24N2S/c1-13-5-2-3-8-16(13)9-4-7-15-11-14-6-10-17-12-14/h6,10,12-13,15H,2-5,7-9,11H2,1H3. The fraction of sp³-hybridized carbons (Fsp3) is 0.714. The van der Waals surface area contributed by atoms with Crippen LogP contribution < -0.4 is 5.32 Å². The summed E-state index contributed by atoms with van der Waals surface area (Å²) >= 11 is 1.78. The predicted octanol–water partition coefficient (Wildman–Crippen LogP) is 3.10. The molecular weight excluding hydrogens is 228 g/mol. The second-order valence-electron chi connectivity index (χ2n) is 5.04. The number of piperidine rings is 1. The van der Waals surface area contributed by atoms with Crippen molar-refractivity contribution in [3.8, 4) is 0 Å². The smallest absolute Gasteiger partial charge is 0.0213 e. The van der Waals surface area contributed by atoms with Crippen LogP contribution in [0.25, 0.3) is 0 Å².